The Hall–Kier alpha value is -1.91. The zero-order valence-electron chi connectivity index (χ0n) is 7.80. The average Bonchev–Trinajstić information content (AvgIpc) is 2.15. The maximum atomic E-state index is 10.6. The molecule has 0 radical (unpaired) electrons. The largest absolute Gasteiger partial charge is 0.399 e. The van der Waals surface area contributed by atoms with Crippen LogP contribution in [0, 0.1) is 10.1 Å². The van der Waals surface area contributed by atoms with E-state index in [9.17, 15) is 10.1 Å². The fourth-order valence-electron chi connectivity index (χ4n) is 0.986. The van der Waals surface area contributed by atoms with E-state index in [0.717, 1.165) is 6.42 Å². The summed E-state index contributed by atoms with van der Waals surface area (Å²) in [6, 6.07) is 4.44. The third-order valence-electron chi connectivity index (χ3n) is 1.61. The van der Waals surface area contributed by atoms with E-state index >= 15 is 0 Å². The van der Waals surface area contributed by atoms with E-state index in [1.54, 1.807) is 18.3 Å². The molecule has 74 valence electrons. The predicted molar refractivity (Wildman–Crippen MR) is 56.0 cm³/mol. The van der Waals surface area contributed by atoms with Crippen molar-refractivity contribution in [1.29, 1.82) is 0 Å². The van der Waals surface area contributed by atoms with Crippen molar-refractivity contribution in [1.82, 2.24) is 0 Å². The number of nitrogens with two attached hydrogens (primary N) is 1. The Balaban J connectivity index is 3.15. The van der Waals surface area contributed by atoms with Crippen LogP contribution in [-0.2, 0) is 0 Å². The molecule has 0 aliphatic carbocycles. The van der Waals surface area contributed by atoms with Crippen LogP contribution in [-0.4, -0.2) is 11.1 Å². The Morgan fingerprint density at radius 1 is 1.64 bits per heavy atom. The van der Waals surface area contributed by atoms with Crippen LogP contribution in [0.1, 0.15) is 13.3 Å². The highest BCUT2D eigenvalue weighted by Crippen LogP contribution is 2.28. The Kier molecular flexibility index (Phi) is 3.17. The number of anilines is 1. The van der Waals surface area contributed by atoms with Crippen LogP contribution >= 0.6 is 0 Å². The molecule has 0 heterocycles. The van der Waals surface area contributed by atoms with Gasteiger partial charge in [-0.15, -0.1) is 0 Å². The monoisotopic (exact) mass is 193 g/mol. The first kappa shape index (κ1) is 10.2. The van der Waals surface area contributed by atoms with Gasteiger partial charge in [-0.05, 0) is 18.6 Å². The summed E-state index contributed by atoms with van der Waals surface area (Å²) >= 11 is 0. The maximum absolute atomic E-state index is 10.6. The van der Waals surface area contributed by atoms with Crippen LogP contribution in [0.15, 0.2) is 23.2 Å². The molecule has 14 heavy (non-hydrogen) atoms. The minimum Gasteiger partial charge on any atom is -0.399 e. The van der Waals surface area contributed by atoms with Crippen molar-refractivity contribution in [3.05, 3.63) is 28.3 Å². The van der Waals surface area contributed by atoms with Crippen LogP contribution in [0.5, 0.6) is 0 Å². The van der Waals surface area contributed by atoms with Gasteiger partial charge in [-0.25, -0.2) is 0 Å². The van der Waals surface area contributed by atoms with Gasteiger partial charge in [-0.1, -0.05) is 6.92 Å². The first-order valence-electron chi connectivity index (χ1n) is 4.21. The van der Waals surface area contributed by atoms with Gasteiger partial charge < -0.3 is 5.73 Å². The number of nitrogen functional groups attached to an aromatic ring is 1. The predicted octanol–water partition coefficient (Wildman–Crippen LogP) is 2.29. The number of benzene rings is 1. The van der Waals surface area contributed by atoms with Crippen molar-refractivity contribution < 1.29 is 4.92 Å². The second-order valence-corrected chi connectivity index (χ2v) is 2.73. The Morgan fingerprint density at radius 2 is 2.36 bits per heavy atom. The van der Waals surface area contributed by atoms with Gasteiger partial charge >= 0.3 is 0 Å². The van der Waals surface area contributed by atoms with E-state index in [1.807, 2.05) is 6.92 Å². The van der Waals surface area contributed by atoms with Crippen molar-refractivity contribution in [2.75, 3.05) is 5.73 Å². The SMILES string of the molecule is CCC=Nc1ccc(N)cc1[N+](=O)[O-]. The van der Waals surface area contributed by atoms with E-state index in [4.69, 9.17) is 5.73 Å². The number of nitro groups is 1. The summed E-state index contributed by atoms with van der Waals surface area (Å²) in [5.41, 5.74) is 6.08. The van der Waals surface area contributed by atoms with Gasteiger partial charge in [0.25, 0.3) is 5.69 Å². The first-order valence-corrected chi connectivity index (χ1v) is 4.21. The van der Waals surface area contributed by atoms with Crippen molar-refractivity contribution in [2.45, 2.75) is 13.3 Å². The van der Waals surface area contributed by atoms with Gasteiger partial charge in [0.05, 0.1) is 4.92 Å². The normalized spacial score (nSPS) is 10.6. The molecular formula is C9H11N3O2. The summed E-state index contributed by atoms with van der Waals surface area (Å²) in [4.78, 5) is 14.1. The van der Waals surface area contributed by atoms with Gasteiger partial charge in [0.2, 0.25) is 0 Å². The highest BCUT2D eigenvalue weighted by molar-refractivity contribution is 5.70. The van der Waals surface area contributed by atoms with Crippen molar-refractivity contribution in [2.24, 2.45) is 4.99 Å². The zero-order valence-corrected chi connectivity index (χ0v) is 7.80. The maximum Gasteiger partial charge on any atom is 0.296 e. The van der Waals surface area contributed by atoms with E-state index in [-0.39, 0.29) is 5.69 Å². The summed E-state index contributed by atoms with van der Waals surface area (Å²) in [5, 5.41) is 10.6. The number of hydrogen-bond donors (Lipinski definition) is 1. The number of nitrogens with zero attached hydrogens (tertiary/aromatic N) is 2. The lowest BCUT2D eigenvalue weighted by molar-refractivity contribution is -0.384. The Labute approximate surface area is 81.4 Å². The molecule has 0 unspecified atom stereocenters. The highest BCUT2D eigenvalue weighted by Gasteiger charge is 2.12. The number of hydrogen-bond acceptors (Lipinski definition) is 4. The topological polar surface area (TPSA) is 81.5 Å². The molecule has 0 aliphatic heterocycles. The molecule has 0 spiro atoms. The van der Waals surface area contributed by atoms with Crippen LogP contribution in [0.3, 0.4) is 0 Å². The number of rotatable bonds is 3. The van der Waals surface area contributed by atoms with Crippen LogP contribution in [0.4, 0.5) is 17.1 Å². The summed E-state index contributed by atoms with van der Waals surface area (Å²) in [6.45, 7) is 1.91. The third-order valence-corrected chi connectivity index (χ3v) is 1.61. The van der Waals surface area contributed by atoms with E-state index in [2.05, 4.69) is 4.99 Å². The summed E-state index contributed by atoms with van der Waals surface area (Å²) in [6.07, 6.45) is 2.36. The molecule has 0 aliphatic rings. The quantitative estimate of drug-likeness (QED) is 0.346. The molecule has 0 amide bonds. The molecule has 5 heteroatoms. The van der Waals surface area contributed by atoms with Crippen molar-refractivity contribution in [3.8, 4) is 0 Å². The van der Waals surface area contributed by atoms with Gasteiger partial charge in [0.1, 0.15) is 5.69 Å². The second kappa shape index (κ2) is 4.36. The summed E-state index contributed by atoms with van der Waals surface area (Å²) < 4.78 is 0. The smallest absolute Gasteiger partial charge is 0.296 e. The van der Waals surface area contributed by atoms with E-state index < -0.39 is 4.92 Å². The Bertz CT molecular complexity index is 374. The molecule has 5 nitrogen and oxygen atoms in total. The Morgan fingerprint density at radius 3 is 2.93 bits per heavy atom. The van der Waals surface area contributed by atoms with Crippen molar-refractivity contribution >= 4 is 23.3 Å². The molecule has 2 N–H and O–H groups in total. The summed E-state index contributed by atoms with van der Waals surface area (Å²) in [5.74, 6) is 0. The average molecular weight is 193 g/mol. The molecule has 0 bridgehead atoms. The summed E-state index contributed by atoms with van der Waals surface area (Å²) in [7, 11) is 0. The lowest BCUT2D eigenvalue weighted by atomic mass is 10.2. The number of aliphatic imine (C=N–C) groups is 1. The lowest BCUT2D eigenvalue weighted by Gasteiger charge is -1.97. The second-order valence-electron chi connectivity index (χ2n) is 2.73. The van der Waals surface area contributed by atoms with Gasteiger partial charge in [0, 0.05) is 18.0 Å². The molecule has 0 saturated carbocycles. The van der Waals surface area contributed by atoms with Crippen LogP contribution in [0.25, 0.3) is 0 Å². The van der Waals surface area contributed by atoms with E-state index in [0.29, 0.717) is 11.4 Å². The molecule has 1 aromatic rings. The zero-order chi connectivity index (χ0) is 10.6. The van der Waals surface area contributed by atoms with Crippen LogP contribution in [0.2, 0.25) is 0 Å². The molecule has 0 aromatic heterocycles. The molecule has 0 atom stereocenters. The standard InChI is InChI=1S/C9H11N3O2/c1-2-5-11-8-4-3-7(10)6-9(8)12(13)14/h3-6H,2,10H2,1H3. The number of nitro benzene ring substituents is 1. The third kappa shape index (κ3) is 2.29. The minimum atomic E-state index is -0.487. The lowest BCUT2D eigenvalue weighted by Crippen LogP contribution is -1.91. The van der Waals surface area contributed by atoms with Gasteiger partial charge in [-0.2, -0.15) is 0 Å². The van der Waals surface area contributed by atoms with Crippen molar-refractivity contribution in [3.63, 3.8) is 0 Å². The highest BCUT2D eigenvalue weighted by atomic mass is 16.6. The van der Waals surface area contributed by atoms with E-state index in [1.165, 1.54) is 6.07 Å². The van der Waals surface area contributed by atoms with Gasteiger partial charge in [0.15, 0.2) is 0 Å². The fourth-order valence-corrected chi connectivity index (χ4v) is 0.986. The first-order chi connectivity index (χ1) is 6.65. The molecular weight excluding hydrogens is 182 g/mol. The molecule has 1 rings (SSSR count). The minimum absolute atomic E-state index is 0.0605. The van der Waals surface area contributed by atoms with Gasteiger partial charge in [-0.3, -0.25) is 15.1 Å². The molecule has 1 aromatic carbocycles. The van der Waals surface area contributed by atoms with Crippen LogP contribution < -0.4 is 5.73 Å². The molecule has 0 saturated heterocycles. The fraction of sp³-hybridized carbons (Fsp3) is 0.222. The molecule has 0 fully saturated rings.